The van der Waals surface area contributed by atoms with Crippen molar-refractivity contribution in [2.45, 2.75) is 82.8 Å². The molecule has 2 aliphatic rings. The summed E-state index contributed by atoms with van der Waals surface area (Å²) < 4.78 is 5.57. The highest BCUT2D eigenvalue weighted by molar-refractivity contribution is 5.97. The van der Waals surface area contributed by atoms with E-state index in [0.29, 0.717) is 0 Å². The molecule has 8 nitrogen and oxygen atoms in total. The van der Waals surface area contributed by atoms with Crippen molar-refractivity contribution in [3.63, 3.8) is 0 Å². The molecule has 1 aliphatic carbocycles. The molecule has 7 atom stereocenters. The Morgan fingerprint density at radius 1 is 1.28 bits per heavy atom. The second kappa shape index (κ2) is 11.0. The first-order valence-corrected chi connectivity index (χ1v) is 10.5. The summed E-state index contributed by atoms with van der Waals surface area (Å²) >= 11 is 0. The number of unbranched alkanes of at least 4 members (excludes halogenated alkanes) is 2. The smallest absolute Gasteiger partial charge is 0.269 e. The van der Waals surface area contributed by atoms with Gasteiger partial charge in [0.1, 0.15) is 12.2 Å². The molecule has 8 heteroatoms. The summed E-state index contributed by atoms with van der Waals surface area (Å²) in [6.07, 6.45) is 5.27. The van der Waals surface area contributed by atoms with E-state index in [9.17, 15) is 30.2 Å². The van der Waals surface area contributed by atoms with Gasteiger partial charge in [-0.25, -0.2) is 0 Å². The Morgan fingerprint density at radius 2 is 2.00 bits per heavy atom. The van der Waals surface area contributed by atoms with E-state index in [1.165, 1.54) is 0 Å². The number of hydrogen-bond donors (Lipinski definition) is 3. The molecular weight excluding hydrogens is 378 g/mol. The van der Waals surface area contributed by atoms with E-state index in [-0.39, 0.29) is 29.6 Å². The first-order valence-electron chi connectivity index (χ1n) is 10.5. The molecule has 0 spiro atoms. The van der Waals surface area contributed by atoms with Crippen LogP contribution in [0.3, 0.4) is 0 Å². The van der Waals surface area contributed by atoms with Crippen LogP contribution >= 0.6 is 0 Å². The number of aliphatic hydroxyl groups excluding tert-OH is 3. The van der Waals surface area contributed by atoms with Crippen molar-refractivity contribution in [2.75, 3.05) is 6.61 Å². The highest BCUT2D eigenvalue weighted by Gasteiger charge is 2.53. The lowest BCUT2D eigenvalue weighted by Crippen LogP contribution is -2.62. The number of rotatable bonds is 9. The van der Waals surface area contributed by atoms with E-state index < -0.39 is 42.0 Å². The van der Waals surface area contributed by atoms with Crippen LogP contribution in [0.25, 0.3) is 0 Å². The molecule has 0 saturated carbocycles. The Morgan fingerprint density at radius 3 is 2.59 bits per heavy atom. The number of carbonyl (C=O) groups is 1. The first kappa shape index (κ1) is 23.7. The van der Waals surface area contributed by atoms with Gasteiger partial charge in [0.15, 0.2) is 18.0 Å². The lowest BCUT2D eigenvalue weighted by Gasteiger charge is -2.40. The zero-order valence-corrected chi connectivity index (χ0v) is 17.1. The third kappa shape index (κ3) is 5.51. The number of Topliss-reactive ketones (excluding diaryl/α,β-unsaturated/α-hetero) is 1. The number of aliphatic hydroxyl groups is 3. The zero-order chi connectivity index (χ0) is 21.6. The van der Waals surface area contributed by atoms with Crippen molar-refractivity contribution < 1.29 is 29.8 Å². The average molecular weight is 411 g/mol. The second-order valence-electron chi connectivity index (χ2n) is 7.95. The van der Waals surface area contributed by atoms with E-state index in [4.69, 9.17) is 4.74 Å². The molecule has 1 fully saturated rings. The lowest BCUT2D eigenvalue weighted by molar-refractivity contribution is -0.558. The highest BCUT2D eigenvalue weighted by atomic mass is 16.6. The van der Waals surface area contributed by atoms with Gasteiger partial charge in [-0.2, -0.15) is 0 Å². The third-order valence-electron chi connectivity index (χ3n) is 5.90. The van der Waals surface area contributed by atoms with E-state index in [0.717, 1.165) is 32.1 Å². The molecule has 1 aliphatic heterocycles. The van der Waals surface area contributed by atoms with Gasteiger partial charge in [-0.3, -0.25) is 14.9 Å². The zero-order valence-electron chi connectivity index (χ0n) is 17.1. The van der Waals surface area contributed by atoms with Crippen LogP contribution in [0, 0.1) is 22.0 Å². The average Bonchev–Trinajstić information content (AvgIpc) is 2.68. The highest BCUT2D eigenvalue weighted by Crippen LogP contribution is 2.37. The van der Waals surface area contributed by atoms with Gasteiger partial charge in [-0.1, -0.05) is 51.3 Å². The van der Waals surface area contributed by atoms with E-state index in [2.05, 4.69) is 6.92 Å². The largest absolute Gasteiger partial charge is 0.394 e. The number of hydrogen-bond acceptors (Lipinski definition) is 7. The predicted molar refractivity (Wildman–Crippen MR) is 107 cm³/mol. The number of ketones is 1. The minimum absolute atomic E-state index is 0.0243. The minimum Gasteiger partial charge on any atom is -0.394 e. The Balaban J connectivity index is 2.33. The van der Waals surface area contributed by atoms with Gasteiger partial charge in [-0.05, 0) is 24.7 Å². The summed E-state index contributed by atoms with van der Waals surface area (Å²) in [7, 11) is 0. The fraction of sp³-hybridized carbons (Fsp3) is 0.762. The van der Waals surface area contributed by atoms with E-state index in [1.807, 2.05) is 19.1 Å². The lowest BCUT2D eigenvalue weighted by atomic mass is 9.74. The van der Waals surface area contributed by atoms with Crippen LogP contribution in [0.1, 0.15) is 52.4 Å². The summed E-state index contributed by atoms with van der Waals surface area (Å²) in [5, 5.41) is 41.5. The van der Waals surface area contributed by atoms with Crippen LogP contribution in [0.15, 0.2) is 23.8 Å². The molecule has 0 bridgehead atoms. The molecule has 3 N–H and O–H groups in total. The van der Waals surface area contributed by atoms with Crippen molar-refractivity contribution >= 4 is 5.78 Å². The summed E-state index contributed by atoms with van der Waals surface area (Å²) in [4.78, 5) is 23.5. The number of nitro groups is 1. The molecule has 0 radical (unpaired) electrons. The van der Waals surface area contributed by atoms with Crippen LogP contribution in [0.5, 0.6) is 0 Å². The second-order valence-corrected chi connectivity index (χ2v) is 7.95. The van der Waals surface area contributed by atoms with Crippen LogP contribution in [-0.2, 0) is 9.53 Å². The quantitative estimate of drug-likeness (QED) is 0.228. The molecule has 0 aromatic heterocycles. The number of nitrogens with zero attached hydrogens (tertiary/aromatic N) is 1. The van der Waals surface area contributed by atoms with E-state index in [1.54, 1.807) is 6.08 Å². The Bertz CT molecular complexity index is 633. The molecule has 0 aromatic rings. The summed E-state index contributed by atoms with van der Waals surface area (Å²) in [5.74, 6) is -0.0810. The van der Waals surface area contributed by atoms with Crippen molar-refractivity contribution in [3.8, 4) is 0 Å². The first-order chi connectivity index (χ1) is 13.8. The van der Waals surface area contributed by atoms with Gasteiger partial charge in [0.2, 0.25) is 0 Å². The van der Waals surface area contributed by atoms with Crippen LogP contribution in [-0.4, -0.2) is 63.1 Å². The molecule has 7 unspecified atom stereocenters. The van der Waals surface area contributed by atoms with Gasteiger partial charge >= 0.3 is 0 Å². The monoisotopic (exact) mass is 411 g/mol. The van der Waals surface area contributed by atoms with Crippen LogP contribution < -0.4 is 0 Å². The van der Waals surface area contributed by atoms with E-state index >= 15 is 0 Å². The van der Waals surface area contributed by atoms with Gasteiger partial charge in [0.05, 0.1) is 6.61 Å². The summed E-state index contributed by atoms with van der Waals surface area (Å²) in [6.45, 7) is 3.50. The fourth-order valence-electron chi connectivity index (χ4n) is 4.25. The molecule has 2 rings (SSSR count). The van der Waals surface area contributed by atoms with Crippen molar-refractivity contribution in [1.29, 1.82) is 0 Å². The maximum absolute atomic E-state index is 12.9. The number of ether oxygens (including phenoxy) is 1. The molecule has 0 aromatic carbocycles. The maximum atomic E-state index is 12.9. The summed E-state index contributed by atoms with van der Waals surface area (Å²) in [6, 6.07) is -1.73. The molecule has 0 amide bonds. The molecule has 1 saturated heterocycles. The van der Waals surface area contributed by atoms with Crippen molar-refractivity contribution in [3.05, 3.63) is 33.9 Å². The topological polar surface area (TPSA) is 130 Å². The third-order valence-corrected chi connectivity index (χ3v) is 5.90. The van der Waals surface area contributed by atoms with Gasteiger partial charge < -0.3 is 20.1 Å². The van der Waals surface area contributed by atoms with Gasteiger partial charge in [-0.15, -0.1) is 0 Å². The van der Waals surface area contributed by atoms with Crippen molar-refractivity contribution in [1.82, 2.24) is 0 Å². The molecule has 29 heavy (non-hydrogen) atoms. The maximum Gasteiger partial charge on any atom is 0.269 e. The standard InChI is InChI=1S/C21H33NO7/c1-3-5-7-9-14-11-16(24)15(10-13(14)8-6-4-2)21-20(26)18(22(27)28)19(25)17(12-23)29-21/h6,8,10,13-14,17-21,23,25-26H,3-5,7,9,11-12H2,1-2H3/b8-6+. The van der Waals surface area contributed by atoms with Gasteiger partial charge in [0, 0.05) is 16.9 Å². The van der Waals surface area contributed by atoms with Gasteiger partial charge in [0.25, 0.3) is 6.04 Å². The van der Waals surface area contributed by atoms with Crippen LogP contribution in [0.4, 0.5) is 0 Å². The fourth-order valence-corrected chi connectivity index (χ4v) is 4.25. The molecule has 164 valence electrons. The molecule has 1 heterocycles. The predicted octanol–water partition coefficient (Wildman–Crippen LogP) is 1.79. The molecular formula is C21H33NO7. The van der Waals surface area contributed by atoms with Crippen molar-refractivity contribution in [2.24, 2.45) is 11.8 Å². The number of carbonyl (C=O) groups excluding carboxylic acids is 1. The normalized spacial score (nSPS) is 35.7. The Hall–Kier alpha value is -1.61. The Kier molecular flexibility index (Phi) is 8.95. The summed E-state index contributed by atoms with van der Waals surface area (Å²) in [5.41, 5.74) is 0.201. The number of allylic oxidation sites excluding steroid dienone is 3. The SMILES string of the molecule is CC/C=C/C1C=C(C2OC(CO)C(O)C([N+](=O)[O-])C2O)C(=O)CC1CCCCC. The minimum atomic E-state index is -1.73. The van der Waals surface area contributed by atoms with Crippen LogP contribution in [0.2, 0.25) is 0 Å². The Labute approximate surface area is 171 Å².